The van der Waals surface area contributed by atoms with Gasteiger partial charge in [0.2, 0.25) is 0 Å². The number of hydrogen-bond donors (Lipinski definition) is 0. The summed E-state index contributed by atoms with van der Waals surface area (Å²) in [5, 5.41) is 12.9. The van der Waals surface area contributed by atoms with Crippen molar-refractivity contribution in [3.8, 4) is 0 Å². The highest BCUT2D eigenvalue weighted by atomic mass is 79.9. The summed E-state index contributed by atoms with van der Waals surface area (Å²) in [6.45, 7) is 1.89. The highest BCUT2D eigenvalue weighted by Crippen LogP contribution is 2.32. The van der Waals surface area contributed by atoms with Crippen LogP contribution in [0.1, 0.15) is 17.3 Å². The van der Waals surface area contributed by atoms with E-state index in [-0.39, 0.29) is 16.2 Å². The van der Waals surface area contributed by atoms with E-state index in [1.54, 1.807) is 12.1 Å². The number of rotatable bonds is 3. The number of nitro groups is 1. The van der Waals surface area contributed by atoms with E-state index in [9.17, 15) is 10.1 Å². The Morgan fingerprint density at radius 3 is 2.80 bits per heavy atom. The lowest BCUT2D eigenvalue weighted by atomic mass is 10.1. The summed E-state index contributed by atoms with van der Waals surface area (Å²) in [6.07, 6.45) is 0. The molecule has 0 bridgehead atoms. The average molecular weight is 287 g/mol. The minimum Gasteiger partial charge on any atom is -0.258 e. The first-order chi connectivity index (χ1) is 7.06. The Morgan fingerprint density at radius 2 is 2.33 bits per heavy atom. The maximum atomic E-state index is 10.7. The molecule has 1 aromatic carbocycles. The molecule has 1 unspecified atom stereocenters. The number of hydrogen-bond acceptors (Lipinski definition) is 4. The van der Waals surface area contributed by atoms with Gasteiger partial charge in [-0.05, 0) is 30.8 Å². The summed E-state index contributed by atoms with van der Waals surface area (Å²) in [5.41, 5.74) is 0.994. The van der Waals surface area contributed by atoms with Crippen molar-refractivity contribution in [1.82, 2.24) is 0 Å². The number of isothiocyanates is 1. The Kier molecular flexibility index (Phi) is 4.08. The fraction of sp³-hybridized carbons (Fsp3) is 0.222. The highest BCUT2D eigenvalue weighted by Gasteiger charge is 2.15. The molecule has 0 aliphatic heterocycles. The average Bonchev–Trinajstić information content (AvgIpc) is 2.18. The van der Waals surface area contributed by atoms with E-state index in [0.717, 1.165) is 5.56 Å². The zero-order chi connectivity index (χ0) is 11.4. The van der Waals surface area contributed by atoms with Gasteiger partial charge in [0.1, 0.15) is 0 Å². The molecule has 0 aliphatic carbocycles. The van der Waals surface area contributed by atoms with Crippen LogP contribution in [-0.2, 0) is 0 Å². The fourth-order valence-electron chi connectivity index (χ4n) is 1.08. The second kappa shape index (κ2) is 5.11. The summed E-state index contributed by atoms with van der Waals surface area (Å²) >= 11 is 7.76. The molecule has 1 atom stereocenters. The molecule has 0 saturated carbocycles. The Hall–Kier alpha value is -1.10. The van der Waals surface area contributed by atoms with Gasteiger partial charge in [-0.3, -0.25) is 10.1 Å². The van der Waals surface area contributed by atoms with Crippen LogP contribution in [0.2, 0.25) is 0 Å². The third-order valence-corrected chi connectivity index (χ3v) is 2.44. The van der Waals surface area contributed by atoms with Crippen LogP contribution in [0.3, 0.4) is 0 Å². The fourth-order valence-corrected chi connectivity index (χ4v) is 1.46. The van der Waals surface area contributed by atoms with Crippen LogP contribution in [0.4, 0.5) is 11.4 Å². The van der Waals surface area contributed by atoms with Gasteiger partial charge in [-0.15, -0.1) is 0 Å². The summed E-state index contributed by atoms with van der Waals surface area (Å²) in [6, 6.07) is 4.80. The van der Waals surface area contributed by atoms with E-state index in [1.807, 2.05) is 6.92 Å². The molecule has 1 aromatic rings. The molecule has 0 aromatic heterocycles. The predicted molar refractivity (Wildman–Crippen MR) is 65.1 cm³/mol. The lowest BCUT2D eigenvalue weighted by Gasteiger charge is -2.03. The Balaban J connectivity index is 3.32. The predicted octanol–water partition coefficient (Wildman–Crippen LogP) is 3.79. The van der Waals surface area contributed by atoms with Crippen LogP contribution in [0.5, 0.6) is 0 Å². The smallest absolute Gasteiger partial charge is 0.258 e. The highest BCUT2D eigenvalue weighted by molar-refractivity contribution is 9.09. The molecular weight excluding hydrogens is 280 g/mol. The molecule has 15 heavy (non-hydrogen) atoms. The van der Waals surface area contributed by atoms with Gasteiger partial charge < -0.3 is 0 Å². The van der Waals surface area contributed by atoms with Crippen LogP contribution < -0.4 is 0 Å². The van der Waals surface area contributed by atoms with E-state index in [1.165, 1.54) is 6.07 Å². The van der Waals surface area contributed by atoms with Crippen molar-refractivity contribution in [3.05, 3.63) is 33.9 Å². The Labute approximate surface area is 100 Å². The number of nitrogens with zero attached hydrogens (tertiary/aromatic N) is 2. The Morgan fingerprint density at radius 1 is 1.67 bits per heavy atom. The first kappa shape index (κ1) is 12.0. The topological polar surface area (TPSA) is 55.5 Å². The summed E-state index contributed by atoms with van der Waals surface area (Å²) < 4.78 is 0. The molecule has 0 fully saturated rings. The zero-order valence-electron chi connectivity index (χ0n) is 7.81. The van der Waals surface area contributed by atoms with Crippen LogP contribution in [0, 0.1) is 10.1 Å². The summed E-state index contributed by atoms with van der Waals surface area (Å²) in [4.78, 5) is 14.0. The third-order valence-electron chi connectivity index (χ3n) is 1.82. The van der Waals surface area contributed by atoms with Gasteiger partial charge in [0.25, 0.3) is 5.69 Å². The number of halogens is 1. The molecule has 4 nitrogen and oxygen atoms in total. The number of aliphatic imine (C=N–C) groups is 1. The van der Waals surface area contributed by atoms with Gasteiger partial charge in [0.05, 0.1) is 10.1 Å². The molecule has 0 amide bonds. The van der Waals surface area contributed by atoms with E-state index in [2.05, 4.69) is 38.3 Å². The zero-order valence-corrected chi connectivity index (χ0v) is 10.2. The maximum Gasteiger partial charge on any atom is 0.295 e. The van der Waals surface area contributed by atoms with Crippen LogP contribution in [-0.4, -0.2) is 10.1 Å². The molecular formula is C9H7BrN2O2S. The lowest BCUT2D eigenvalue weighted by Crippen LogP contribution is -1.91. The van der Waals surface area contributed by atoms with Crippen LogP contribution in [0.25, 0.3) is 0 Å². The molecule has 0 N–H and O–H groups in total. The second-order valence-corrected chi connectivity index (χ2v) is 4.38. The van der Waals surface area contributed by atoms with Gasteiger partial charge in [0, 0.05) is 10.9 Å². The third kappa shape index (κ3) is 2.92. The van der Waals surface area contributed by atoms with Crippen molar-refractivity contribution in [3.63, 3.8) is 0 Å². The minimum atomic E-state index is -0.482. The standard InChI is InChI=1S/C9H7BrN2O2S/c1-6(10)7-2-3-8(11-5-15)9(4-7)12(13)14/h2-4,6H,1H3. The molecule has 6 heteroatoms. The number of benzene rings is 1. The largest absolute Gasteiger partial charge is 0.295 e. The molecule has 0 saturated heterocycles. The van der Waals surface area contributed by atoms with Crippen molar-refractivity contribution in [2.75, 3.05) is 0 Å². The van der Waals surface area contributed by atoms with Crippen molar-refractivity contribution >= 4 is 44.7 Å². The first-order valence-corrected chi connectivity index (χ1v) is 5.39. The molecule has 0 heterocycles. The van der Waals surface area contributed by atoms with Crippen LogP contribution >= 0.6 is 28.1 Å². The molecule has 1 rings (SSSR count). The van der Waals surface area contributed by atoms with Crippen molar-refractivity contribution in [1.29, 1.82) is 0 Å². The summed E-state index contributed by atoms with van der Waals surface area (Å²) in [5.74, 6) is 0. The monoisotopic (exact) mass is 286 g/mol. The van der Waals surface area contributed by atoms with Gasteiger partial charge in [0.15, 0.2) is 5.69 Å². The van der Waals surface area contributed by atoms with E-state index in [4.69, 9.17) is 0 Å². The van der Waals surface area contributed by atoms with Gasteiger partial charge in [-0.25, -0.2) is 0 Å². The second-order valence-electron chi connectivity index (χ2n) is 2.82. The lowest BCUT2D eigenvalue weighted by molar-refractivity contribution is -0.384. The molecule has 0 spiro atoms. The van der Waals surface area contributed by atoms with Gasteiger partial charge in [-0.1, -0.05) is 22.0 Å². The van der Waals surface area contributed by atoms with Gasteiger partial charge >= 0.3 is 0 Å². The maximum absolute atomic E-state index is 10.7. The van der Waals surface area contributed by atoms with E-state index < -0.39 is 4.92 Å². The summed E-state index contributed by atoms with van der Waals surface area (Å²) in [7, 11) is 0. The molecule has 0 aliphatic rings. The quantitative estimate of drug-likeness (QED) is 0.279. The SMILES string of the molecule is CC(Br)c1ccc(N=C=S)c([N+](=O)[O-])c1. The van der Waals surface area contributed by atoms with E-state index in [0.29, 0.717) is 0 Å². The number of alkyl halides is 1. The normalized spacial score (nSPS) is 11.6. The molecule has 78 valence electrons. The van der Waals surface area contributed by atoms with E-state index >= 15 is 0 Å². The van der Waals surface area contributed by atoms with Crippen molar-refractivity contribution < 1.29 is 4.92 Å². The van der Waals surface area contributed by atoms with Crippen molar-refractivity contribution in [2.45, 2.75) is 11.8 Å². The minimum absolute atomic E-state index is 0.0571. The van der Waals surface area contributed by atoms with Crippen molar-refractivity contribution in [2.24, 2.45) is 4.99 Å². The van der Waals surface area contributed by atoms with Crippen LogP contribution in [0.15, 0.2) is 23.2 Å². The first-order valence-electron chi connectivity index (χ1n) is 4.06. The molecule has 0 radical (unpaired) electrons. The van der Waals surface area contributed by atoms with Gasteiger partial charge in [-0.2, -0.15) is 4.99 Å². The number of thiocarbonyl (C=S) groups is 1. The number of nitro benzene ring substituents is 1. The Bertz CT molecular complexity index is 442.